The van der Waals surface area contributed by atoms with Crippen LogP contribution >= 0.6 is 0 Å². The van der Waals surface area contributed by atoms with Crippen molar-refractivity contribution in [1.29, 1.82) is 0 Å². The molecule has 4 aromatic rings. The summed E-state index contributed by atoms with van der Waals surface area (Å²) < 4.78 is 71.0. The maximum atomic E-state index is 13.2. The number of aromatic amines is 1. The molecule has 1 heterocycles. The smallest absolute Gasteiger partial charge is 0.416 e. The van der Waals surface area contributed by atoms with Crippen LogP contribution in [0.1, 0.15) is 22.3 Å². The second-order valence-electron chi connectivity index (χ2n) is 8.12. The van der Waals surface area contributed by atoms with Crippen LogP contribution in [0.2, 0.25) is 0 Å². The Labute approximate surface area is 198 Å². The number of carboxylic acid groups (broad SMARTS) is 1. The van der Waals surface area contributed by atoms with Crippen LogP contribution in [-0.4, -0.2) is 24.5 Å². The fraction of sp³-hybridized carbons (Fsp3) is 0.160. The first-order valence-corrected chi connectivity index (χ1v) is 11.9. The number of rotatable bonds is 6. The van der Waals surface area contributed by atoms with Crippen molar-refractivity contribution in [3.05, 3.63) is 83.0 Å². The summed E-state index contributed by atoms with van der Waals surface area (Å²) in [5.74, 6) is -0.0866. The van der Waals surface area contributed by atoms with Crippen molar-refractivity contribution in [1.82, 2.24) is 4.98 Å². The molecule has 0 saturated heterocycles. The summed E-state index contributed by atoms with van der Waals surface area (Å²) in [7, 11) is -4.12. The van der Waals surface area contributed by atoms with E-state index in [0.717, 1.165) is 24.3 Å². The summed E-state index contributed by atoms with van der Waals surface area (Å²) >= 11 is 0. The number of sulfone groups is 1. The van der Waals surface area contributed by atoms with Crippen LogP contribution < -0.4 is 4.74 Å². The normalized spacial score (nSPS) is 12.1. The Morgan fingerprint density at radius 2 is 1.63 bits per heavy atom. The zero-order valence-electron chi connectivity index (χ0n) is 18.6. The van der Waals surface area contributed by atoms with Gasteiger partial charge < -0.3 is 14.8 Å². The molecule has 2 N–H and O–H groups in total. The zero-order valence-corrected chi connectivity index (χ0v) is 19.4. The molecule has 0 atom stereocenters. The van der Waals surface area contributed by atoms with Gasteiger partial charge in [-0.1, -0.05) is 12.1 Å². The van der Waals surface area contributed by atoms with Gasteiger partial charge in [-0.05, 0) is 73.0 Å². The number of alkyl halides is 3. The quantitative estimate of drug-likeness (QED) is 0.334. The number of hydrogen-bond acceptors (Lipinski definition) is 4. The van der Waals surface area contributed by atoms with Crippen LogP contribution in [0.5, 0.6) is 11.5 Å². The number of nitrogens with one attached hydrogen (secondary N) is 1. The Hall–Kier alpha value is -3.79. The highest BCUT2D eigenvalue weighted by Crippen LogP contribution is 2.36. The predicted molar refractivity (Wildman–Crippen MR) is 123 cm³/mol. The van der Waals surface area contributed by atoms with Crippen LogP contribution in [0, 0.1) is 13.8 Å². The van der Waals surface area contributed by atoms with Gasteiger partial charge in [-0.2, -0.15) is 13.2 Å². The van der Waals surface area contributed by atoms with E-state index in [1.54, 1.807) is 38.1 Å². The largest absolute Gasteiger partial charge is 0.481 e. The maximum absolute atomic E-state index is 13.2. The van der Waals surface area contributed by atoms with Gasteiger partial charge in [-0.3, -0.25) is 4.79 Å². The Morgan fingerprint density at radius 3 is 2.20 bits per heavy atom. The predicted octanol–water partition coefficient (Wildman–Crippen LogP) is 6.06. The van der Waals surface area contributed by atoms with Gasteiger partial charge in [-0.25, -0.2) is 8.42 Å². The molecular formula is C25H20F3NO5S. The van der Waals surface area contributed by atoms with Crippen LogP contribution in [0.25, 0.3) is 10.9 Å². The number of aryl methyl sites for hydroxylation is 2. The van der Waals surface area contributed by atoms with E-state index >= 15 is 0 Å². The zero-order chi connectivity index (χ0) is 25.5. The first-order chi connectivity index (χ1) is 16.4. The van der Waals surface area contributed by atoms with Crippen molar-refractivity contribution in [3.63, 3.8) is 0 Å². The Balaban J connectivity index is 1.70. The summed E-state index contributed by atoms with van der Waals surface area (Å²) in [4.78, 5) is 13.5. The lowest BCUT2D eigenvalue weighted by atomic mass is 10.0. The number of aromatic nitrogens is 1. The third-order valence-electron chi connectivity index (χ3n) is 5.49. The van der Waals surface area contributed by atoms with Gasteiger partial charge in [0.25, 0.3) is 0 Å². The van der Waals surface area contributed by atoms with Gasteiger partial charge in [0.2, 0.25) is 9.84 Å². The highest BCUT2D eigenvalue weighted by atomic mass is 32.2. The van der Waals surface area contributed by atoms with Gasteiger partial charge in [-0.15, -0.1) is 0 Å². The van der Waals surface area contributed by atoms with E-state index in [1.165, 1.54) is 12.3 Å². The van der Waals surface area contributed by atoms with E-state index in [1.807, 2.05) is 0 Å². The number of carboxylic acids is 1. The molecule has 35 heavy (non-hydrogen) atoms. The van der Waals surface area contributed by atoms with Crippen LogP contribution in [0.3, 0.4) is 0 Å². The molecule has 0 aliphatic carbocycles. The van der Waals surface area contributed by atoms with Crippen LogP contribution in [-0.2, 0) is 27.2 Å². The van der Waals surface area contributed by atoms with Crippen molar-refractivity contribution in [2.75, 3.05) is 0 Å². The summed E-state index contributed by atoms with van der Waals surface area (Å²) in [6, 6.07) is 11.6. The molecule has 0 spiro atoms. The monoisotopic (exact) mass is 503 g/mol. The average Bonchev–Trinajstić information content (AvgIpc) is 3.19. The van der Waals surface area contributed by atoms with Gasteiger partial charge >= 0.3 is 12.1 Å². The molecule has 0 saturated carbocycles. The number of hydrogen-bond donors (Lipinski definition) is 2. The number of fused-ring (bicyclic) bond motifs is 1. The van der Waals surface area contributed by atoms with E-state index < -0.39 is 27.5 Å². The molecule has 0 fully saturated rings. The molecule has 1 aromatic heterocycles. The number of halogens is 3. The third-order valence-corrected chi connectivity index (χ3v) is 7.30. The van der Waals surface area contributed by atoms with Crippen molar-refractivity contribution in [2.24, 2.45) is 0 Å². The molecule has 0 radical (unpaired) electrons. The molecule has 0 aliphatic rings. The van der Waals surface area contributed by atoms with Crippen LogP contribution in [0.15, 0.2) is 70.6 Å². The molecule has 182 valence electrons. The van der Waals surface area contributed by atoms with E-state index in [0.29, 0.717) is 39.1 Å². The van der Waals surface area contributed by atoms with Gasteiger partial charge in [0.15, 0.2) is 0 Å². The van der Waals surface area contributed by atoms with E-state index in [-0.39, 0.29) is 16.2 Å². The molecule has 10 heteroatoms. The lowest BCUT2D eigenvalue weighted by molar-refractivity contribution is -0.138. The lowest BCUT2D eigenvalue weighted by Crippen LogP contribution is -2.06. The number of aliphatic carboxylic acids is 1. The molecular weight excluding hydrogens is 483 g/mol. The standard InChI is InChI=1S/C25H20F3NO5S/c1-14-9-16(11-23(30)31)10-15(2)24(14)34-18-5-8-21-20(12-18)22(13-29-21)35(32,33)19-6-3-17(4-7-19)25(26,27)28/h3-10,12-13,29H,11H2,1-2H3,(H,30,31). The van der Waals surface area contributed by atoms with E-state index in [2.05, 4.69) is 4.98 Å². The SMILES string of the molecule is Cc1cc(CC(=O)O)cc(C)c1Oc1ccc2[nH]cc(S(=O)(=O)c3ccc(C(F)(F)F)cc3)c2c1. The minimum absolute atomic E-state index is 0.0945. The molecule has 3 aromatic carbocycles. The Bertz CT molecular complexity index is 1510. The first kappa shape index (κ1) is 24.3. The van der Waals surface area contributed by atoms with Crippen molar-refractivity contribution in [3.8, 4) is 11.5 Å². The molecule has 0 bridgehead atoms. The minimum atomic E-state index is -4.57. The number of ether oxygens (including phenoxy) is 1. The second-order valence-corrected chi connectivity index (χ2v) is 10.0. The molecule has 4 rings (SSSR count). The van der Waals surface area contributed by atoms with Crippen molar-refractivity contribution < 1.29 is 36.2 Å². The Kier molecular flexibility index (Phi) is 6.10. The molecule has 0 aliphatic heterocycles. The first-order valence-electron chi connectivity index (χ1n) is 10.4. The summed E-state index contributed by atoms with van der Waals surface area (Å²) in [6.07, 6.45) is -3.40. The van der Waals surface area contributed by atoms with Crippen LogP contribution in [0.4, 0.5) is 13.2 Å². The van der Waals surface area contributed by atoms with Gasteiger partial charge in [0.05, 0.1) is 21.8 Å². The number of carbonyl (C=O) groups is 1. The molecule has 0 unspecified atom stereocenters. The number of benzene rings is 3. The fourth-order valence-corrected chi connectivity index (χ4v) is 5.33. The topological polar surface area (TPSA) is 96.5 Å². The third kappa shape index (κ3) is 4.88. The minimum Gasteiger partial charge on any atom is -0.481 e. The van der Waals surface area contributed by atoms with Gasteiger partial charge in [0.1, 0.15) is 11.5 Å². The highest BCUT2D eigenvalue weighted by Gasteiger charge is 2.31. The van der Waals surface area contributed by atoms with E-state index in [4.69, 9.17) is 9.84 Å². The highest BCUT2D eigenvalue weighted by molar-refractivity contribution is 7.91. The van der Waals surface area contributed by atoms with Gasteiger partial charge in [0, 0.05) is 17.1 Å². The molecule has 6 nitrogen and oxygen atoms in total. The average molecular weight is 503 g/mol. The summed E-state index contributed by atoms with van der Waals surface area (Å²) in [6.45, 7) is 3.56. The fourth-order valence-electron chi connectivity index (χ4n) is 3.91. The number of H-pyrrole nitrogens is 1. The summed E-state index contributed by atoms with van der Waals surface area (Å²) in [5, 5.41) is 9.34. The van der Waals surface area contributed by atoms with Crippen molar-refractivity contribution >= 4 is 26.7 Å². The second kappa shape index (κ2) is 8.77. The van der Waals surface area contributed by atoms with E-state index in [9.17, 15) is 26.4 Å². The summed E-state index contributed by atoms with van der Waals surface area (Å²) in [5.41, 5.74) is 1.63. The Morgan fingerprint density at radius 1 is 1.00 bits per heavy atom. The molecule has 0 amide bonds. The lowest BCUT2D eigenvalue weighted by Gasteiger charge is -2.14. The maximum Gasteiger partial charge on any atom is 0.416 e. The van der Waals surface area contributed by atoms with Crippen molar-refractivity contribution in [2.45, 2.75) is 36.2 Å².